The Hall–Kier alpha value is -2.56. The van der Waals surface area contributed by atoms with Gasteiger partial charge >= 0.3 is 25.7 Å². The molecule has 372 valence electrons. The number of esters is 3. The molecule has 0 saturated carbocycles. The quantitative estimate of drug-likeness (QED) is 0.0197. The lowest BCUT2D eigenvalue weighted by Crippen LogP contribution is -2.30. The van der Waals surface area contributed by atoms with E-state index in [0.717, 1.165) is 64.2 Å². The summed E-state index contributed by atoms with van der Waals surface area (Å²) in [5.74, 6) is -1.56. The normalized spacial score (nSPS) is 13.9. The van der Waals surface area contributed by atoms with Gasteiger partial charge in [-0.05, 0) is 44.9 Å². The maximum Gasteiger partial charge on any atom is 0.472 e. The van der Waals surface area contributed by atoms with Crippen molar-refractivity contribution in [2.24, 2.45) is 0 Å². The van der Waals surface area contributed by atoms with Crippen LogP contribution in [0.5, 0.6) is 0 Å². The van der Waals surface area contributed by atoms with Crippen LogP contribution in [0.25, 0.3) is 0 Å². The smallest absolute Gasteiger partial charge is 0.462 e. The minimum Gasteiger partial charge on any atom is -0.462 e. The lowest BCUT2D eigenvalue weighted by Gasteiger charge is -2.21. The molecule has 11 nitrogen and oxygen atoms in total. The van der Waals surface area contributed by atoms with Crippen LogP contribution in [0.4, 0.5) is 0 Å². The fourth-order valence-corrected chi connectivity index (χ4v) is 7.68. The van der Waals surface area contributed by atoms with Gasteiger partial charge in [-0.2, -0.15) is 0 Å². The molecule has 0 aliphatic carbocycles. The third-order valence-electron chi connectivity index (χ3n) is 10.8. The van der Waals surface area contributed by atoms with Crippen LogP contribution in [-0.4, -0.2) is 66.5 Å². The predicted molar refractivity (Wildman–Crippen MR) is 261 cm³/mol. The second-order valence-electron chi connectivity index (χ2n) is 17.0. The fourth-order valence-electron chi connectivity index (χ4n) is 6.90. The zero-order valence-corrected chi connectivity index (χ0v) is 41.6. The van der Waals surface area contributed by atoms with Gasteiger partial charge in [-0.25, -0.2) is 4.57 Å². The zero-order chi connectivity index (χ0) is 47.0. The van der Waals surface area contributed by atoms with Gasteiger partial charge in [0.05, 0.1) is 19.8 Å². The van der Waals surface area contributed by atoms with Gasteiger partial charge in [-0.15, -0.1) is 0 Å². The summed E-state index contributed by atoms with van der Waals surface area (Å²) in [6.45, 7) is 4.42. The van der Waals surface area contributed by atoms with Crippen LogP contribution < -0.4 is 0 Å². The molecule has 0 radical (unpaired) electrons. The first-order valence-electron chi connectivity index (χ1n) is 25.5. The molecular formula is C52H93O11P. The highest BCUT2D eigenvalue weighted by atomic mass is 31.2. The molecule has 0 aliphatic rings. The van der Waals surface area contributed by atoms with Crippen molar-refractivity contribution >= 4 is 25.7 Å². The minimum atomic E-state index is -4.74. The van der Waals surface area contributed by atoms with Gasteiger partial charge in [0.25, 0.3) is 0 Å². The highest BCUT2D eigenvalue weighted by Crippen LogP contribution is 2.43. The number of aliphatic hydroxyl groups excluding tert-OH is 1. The Labute approximate surface area is 390 Å². The maximum absolute atomic E-state index is 12.8. The molecular weight excluding hydrogens is 832 g/mol. The van der Waals surface area contributed by atoms with Crippen molar-refractivity contribution in [1.82, 2.24) is 0 Å². The summed E-state index contributed by atoms with van der Waals surface area (Å²) in [6.07, 6.45) is 46.8. The molecule has 0 bridgehead atoms. The summed E-state index contributed by atoms with van der Waals surface area (Å²) in [4.78, 5) is 48.1. The molecule has 0 amide bonds. The van der Waals surface area contributed by atoms with Crippen LogP contribution in [0.15, 0.2) is 48.6 Å². The third-order valence-corrected chi connectivity index (χ3v) is 11.7. The molecule has 0 aromatic carbocycles. The van der Waals surface area contributed by atoms with Gasteiger partial charge in [0.15, 0.2) is 6.10 Å². The summed E-state index contributed by atoms with van der Waals surface area (Å²) in [5, 5.41) is 9.73. The first kappa shape index (κ1) is 61.4. The Bertz CT molecular complexity index is 1260. The number of carbonyl (C=O) groups is 3. The summed E-state index contributed by atoms with van der Waals surface area (Å²) in [7, 11) is -4.74. The van der Waals surface area contributed by atoms with Crippen LogP contribution in [0.3, 0.4) is 0 Å². The maximum atomic E-state index is 12.8. The van der Waals surface area contributed by atoms with E-state index in [0.29, 0.717) is 19.3 Å². The van der Waals surface area contributed by atoms with E-state index in [1.54, 1.807) is 0 Å². The zero-order valence-electron chi connectivity index (χ0n) is 40.7. The van der Waals surface area contributed by atoms with Crippen molar-refractivity contribution < 1.29 is 52.2 Å². The van der Waals surface area contributed by atoms with Crippen LogP contribution in [-0.2, 0) is 42.2 Å². The molecule has 0 heterocycles. The second kappa shape index (κ2) is 47.0. The van der Waals surface area contributed by atoms with Crippen molar-refractivity contribution in [3.8, 4) is 0 Å². The number of allylic oxidation sites excluding steroid dienone is 8. The Kier molecular flexibility index (Phi) is 45.1. The van der Waals surface area contributed by atoms with Crippen molar-refractivity contribution in [3.05, 3.63) is 48.6 Å². The van der Waals surface area contributed by atoms with Gasteiger partial charge in [-0.1, -0.05) is 211 Å². The number of ether oxygens (including phenoxy) is 3. The van der Waals surface area contributed by atoms with E-state index >= 15 is 0 Å². The van der Waals surface area contributed by atoms with E-state index in [2.05, 4.69) is 57.2 Å². The first-order chi connectivity index (χ1) is 31.2. The molecule has 3 atom stereocenters. The van der Waals surface area contributed by atoms with Crippen molar-refractivity contribution in [2.75, 3.05) is 26.4 Å². The van der Waals surface area contributed by atoms with Gasteiger partial charge in [0.2, 0.25) is 0 Å². The van der Waals surface area contributed by atoms with Crippen LogP contribution in [0.2, 0.25) is 0 Å². The third kappa shape index (κ3) is 44.6. The molecule has 12 heteroatoms. The molecule has 64 heavy (non-hydrogen) atoms. The molecule has 0 saturated heterocycles. The van der Waals surface area contributed by atoms with E-state index in [1.165, 1.54) is 103 Å². The fraction of sp³-hybridized carbons (Fsp3) is 0.788. The summed E-state index contributed by atoms with van der Waals surface area (Å²) >= 11 is 0. The van der Waals surface area contributed by atoms with E-state index in [-0.39, 0.29) is 25.9 Å². The molecule has 0 fully saturated rings. The van der Waals surface area contributed by atoms with Crippen LogP contribution >= 0.6 is 7.82 Å². The van der Waals surface area contributed by atoms with Gasteiger partial charge in [-0.3, -0.25) is 23.4 Å². The highest BCUT2D eigenvalue weighted by molar-refractivity contribution is 7.47. The molecule has 0 aromatic heterocycles. The number of hydrogen-bond acceptors (Lipinski definition) is 10. The van der Waals surface area contributed by atoms with Crippen molar-refractivity contribution in [2.45, 2.75) is 238 Å². The van der Waals surface area contributed by atoms with Gasteiger partial charge < -0.3 is 24.2 Å². The van der Waals surface area contributed by atoms with E-state index in [9.17, 15) is 28.9 Å². The van der Waals surface area contributed by atoms with Crippen LogP contribution in [0.1, 0.15) is 226 Å². The topological polar surface area (TPSA) is 155 Å². The lowest BCUT2D eigenvalue weighted by molar-refractivity contribution is -0.161. The monoisotopic (exact) mass is 925 g/mol. The molecule has 0 spiro atoms. The lowest BCUT2D eigenvalue weighted by atomic mass is 10.0. The molecule has 3 unspecified atom stereocenters. The minimum absolute atomic E-state index is 0.108. The Morgan fingerprint density at radius 1 is 0.453 bits per heavy atom. The Morgan fingerprint density at radius 2 is 0.812 bits per heavy atom. The molecule has 0 aliphatic heterocycles. The first-order valence-corrected chi connectivity index (χ1v) is 27.0. The number of phosphoric acid groups is 1. The number of carbonyl (C=O) groups excluding carboxylic acids is 3. The summed E-state index contributed by atoms with van der Waals surface area (Å²) in [6, 6.07) is 0. The highest BCUT2D eigenvalue weighted by Gasteiger charge is 2.28. The van der Waals surface area contributed by atoms with E-state index in [1.807, 2.05) is 12.2 Å². The number of unbranched alkanes of at least 4 members (excludes halogenated alkanes) is 22. The molecule has 0 aromatic rings. The van der Waals surface area contributed by atoms with Gasteiger partial charge in [0.1, 0.15) is 12.7 Å². The Balaban J connectivity index is 4.81. The number of hydrogen-bond donors (Lipinski definition) is 2. The standard InChI is InChI=1S/C52H93O11P/c1-4-7-10-13-16-19-21-23-24-26-28-31-34-37-40-43-52(56)63-49(45-59-50(54)41-38-35-32-30-27-25-22-20-17-14-11-8-5-2)47-61-64(57,58)60-46-48(44-53)62-51(55)42-39-36-33-29-18-15-12-9-6-3/h8,11,17,20,25,27,32,35,48-49,53H,4-7,9-10,12-16,18-19,21-24,26,28-31,33-34,36-47H2,1-3H3,(H,57,58)/b11-8-,20-17-,27-25-,35-32-. The van der Waals surface area contributed by atoms with Crippen LogP contribution in [0, 0.1) is 0 Å². The molecule has 2 N–H and O–H groups in total. The number of aliphatic hydroxyl groups is 1. The predicted octanol–water partition coefficient (Wildman–Crippen LogP) is 14.2. The second-order valence-corrected chi connectivity index (χ2v) is 18.4. The average molecular weight is 925 g/mol. The summed E-state index contributed by atoms with van der Waals surface area (Å²) < 4.78 is 39.2. The van der Waals surface area contributed by atoms with Crippen molar-refractivity contribution in [1.29, 1.82) is 0 Å². The van der Waals surface area contributed by atoms with E-state index < -0.39 is 57.8 Å². The average Bonchev–Trinajstić information content (AvgIpc) is 3.28. The van der Waals surface area contributed by atoms with Crippen molar-refractivity contribution in [3.63, 3.8) is 0 Å². The number of rotatable bonds is 47. The van der Waals surface area contributed by atoms with E-state index in [4.69, 9.17) is 23.3 Å². The summed E-state index contributed by atoms with van der Waals surface area (Å²) in [5.41, 5.74) is 0. The largest absolute Gasteiger partial charge is 0.472 e. The Morgan fingerprint density at radius 3 is 1.22 bits per heavy atom. The molecule has 0 rings (SSSR count). The SMILES string of the molecule is CC/C=C\C/C=C\C/C=C\C/C=C\CCC(=O)OCC(COP(=O)(O)OCC(CO)OC(=O)CCCCCCCCCCC)OC(=O)CCCCCCCCCCCCCCCCC. The van der Waals surface area contributed by atoms with Gasteiger partial charge in [0, 0.05) is 19.3 Å². The number of phosphoric ester groups is 1.